The van der Waals surface area contributed by atoms with E-state index in [1.807, 2.05) is 53.4 Å². The molecule has 0 radical (unpaired) electrons. The van der Waals surface area contributed by atoms with Crippen LogP contribution in [0.3, 0.4) is 0 Å². The summed E-state index contributed by atoms with van der Waals surface area (Å²) in [6, 6.07) is 14.6. The van der Waals surface area contributed by atoms with E-state index < -0.39 is 6.04 Å². The van der Waals surface area contributed by atoms with E-state index in [1.54, 1.807) is 7.11 Å². The third kappa shape index (κ3) is 6.00. The number of benzene rings is 2. The second kappa shape index (κ2) is 11.5. The molecule has 2 aromatic carbocycles. The first-order valence-electron chi connectivity index (χ1n) is 8.72. The fourth-order valence-corrected chi connectivity index (χ4v) is 3.43. The molecule has 2 aromatic rings. The van der Waals surface area contributed by atoms with Crippen LogP contribution < -0.4 is 10.5 Å². The Morgan fingerprint density at radius 2 is 1.75 bits per heavy atom. The number of carbonyl (C=O) groups excluding carboxylic acids is 1. The molecule has 28 heavy (non-hydrogen) atoms. The van der Waals surface area contributed by atoms with Gasteiger partial charge in [-0.25, -0.2) is 0 Å². The van der Waals surface area contributed by atoms with Gasteiger partial charge in [0, 0.05) is 43.3 Å². The van der Waals surface area contributed by atoms with E-state index >= 15 is 0 Å². The summed E-state index contributed by atoms with van der Waals surface area (Å²) in [7, 11) is 1.66. The highest BCUT2D eigenvalue weighted by Gasteiger charge is 2.26. The number of nitrogens with zero attached hydrogens (tertiary/aromatic N) is 2. The number of carbonyl (C=O) groups is 1. The lowest BCUT2D eigenvalue weighted by Crippen LogP contribution is -2.50. The molecule has 0 aromatic heterocycles. The van der Waals surface area contributed by atoms with Crippen molar-refractivity contribution >= 4 is 42.3 Å². The fraction of sp³-hybridized carbons (Fsp3) is 0.350. The summed E-state index contributed by atoms with van der Waals surface area (Å²) >= 11 is 6.11. The highest BCUT2D eigenvalue weighted by molar-refractivity contribution is 6.30. The van der Waals surface area contributed by atoms with Crippen molar-refractivity contribution in [1.82, 2.24) is 9.80 Å². The Morgan fingerprint density at radius 3 is 2.36 bits per heavy atom. The number of amides is 1. The maximum atomic E-state index is 12.7. The minimum absolute atomic E-state index is 0. The highest BCUT2D eigenvalue weighted by atomic mass is 35.5. The van der Waals surface area contributed by atoms with Gasteiger partial charge in [0.05, 0.1) is 7.11 Å². The normalized spacial score (nSPS) is 15.2. The molecule has 1 aliphatic rings. The third-order valence-electron chi connectivity index (χ3n) is 4.75. The number of halogens is 3. The van der Waals surface area contributed by atoms with Gasteiger partial charge in [-0.05, 0) is 23.8 Å². The number of ether oxygens (including phenoxy) is 1. The topological polar surface area (TPSA) is 58.8 Å². The largest absolute Gasteiger partial charge is 0.496 e. The molecular formula is C20H26Cl3N3O2. The summed E-state index contributed by atoms with van der Waals surface area (Å²) in [6.45, 7) is 3.67. The number of nitrogens with two attached hydrogens (primary N) is 1. The Kier molecular flexibility index (Phi) is 10.1. The van der Waals surface area contributed by atoms with Gasteiger partial charge < -0.3 is 15.4 Å². The van der Waals surface area contributed by atoms with Crippen molar-refractivity contribution in [3.63, 3.8) is 0 Å². The van der Waals surface area contributed by atoms with Gasteiger partial charge in [-0.3, -0.25) is 9.69 Å². The second-order valence-electron chi connectivity index (χ2n) is 6.45. The lowest BCUT2D eigenvalue weighted by molar-refractivity contribution is -0.134. The molecule has 1 amide bonds. The number of piperazine rings is 1. The summed E-state index contributed by atoms with van der Waals surface area (Å²) in [5.41, 5.74) is 8.05. The molecule has 0 bridgehead atoms. The van der Waals surface area contributed by atoms with E-state index in [0.29, 0.717) is 18.1 Å². The Bertz CT molecular complexity index is 754. The van der Waals surface area contributed by atoms with Crippen molar-refractivity contribution in [3.05, 3.63) is 64.7 Å². The van der Waals surface area contributed by atoms with Crippen LogP contribution in [0.15, 0.2) is 48.5 Å². The molecule has 0 saturated carbocycles. The number of hydrogen-bond donors (Lipinski definition) is 1. The number of hydrogen-bond acceptors (Lipinski definition) is 4. The van der Waals surface area contributed by atoms with Crippen molar-refractivity contribution in [3.8, 4) is 5.75 Å². The van der Waals surface area contributed by atoms with Crippen molar-refractivity contribution in [2.45, 2.75) is 12.6 Å². The molecule has 0 spiro atoms. The minimum Gasteiger partial charge on any atom is -0.496 e. The number of methoxy groups -OCH3 is 1. The molecular weight excluding hydrogens is 421 g/mol. The Labute approximate surface area is 183 Å². The van der Waals surface area contributed by atoms with Crippen LogP contribution in [-0.4, -0.2) is 49.0 Å². The molecule has 1 saturated heterocycles. The van der Waals surface area contributed by atoms with Gasteiger partial charge in [0.15, 0.2) is 0 Å². The SMILES string of the molecule is COc1ccc(Cl)cc1CN1CCN(C(=O)C(N)c2ccccc2)CC1.Cl.Cl. The quantitative estimate of drug-likeness (QED) is 0.763. The standard InChI is InChI=1S/C20H24ClN3O2.2ClH/c1-26-18-8-7-17(21)13-16(18)14-23-9-11-24(12-10-23)20(25)19(22)15-5-3-2-4-6-15;;/h2-8,13,19H,9-12,14,22H2,1H3;2*1H. The molecule has 1 aliphatic heterocycles. The van der Waals surface area contributed by atoms with Gasteiger partial charge in [0.2, 0.25) is 5.91 Å². The Balaban J connectivity index is 0.00000196. The van der Waals surface area contributed by atoms with E-state index in [0.717, 1.165) is 36.5 Å². The second-order valence-corrected chi connectivity index (χ2v) is 6.88. The van der Waals surface area contributed by atoms with Crippen molar-refractivity contribution in [1.29, 1.82) is 0 Å². The van der Waals surface area contributed by atoms with Gasteiger partial charge in [-0.2, -0.15) is 0 Å². The lowest BCUT2D eigenvalue weighted by atomic mass is 10.1. The number of rotatable bonds is 5. The smallest absolute Gasteiger partial charge is 0.244 e. The fourth-order valence-electron chi connectivity index (χ4n) is 3.24. The predicted molar refractivity (Wildman–Crippen MR) is 118 cm³/mol. The summed E-state index contributed by atoms with van der Waals surface area (Å²) < 4.78 is 5.42. The summed E-state index contributed by atoms with van der Waals surface area (Å²) in [4.78, 5) is 16.8. The first-order valence-corrected chi connectivity index (χ1v) is 9.10. The molecule has 2 N–H and O–H groups in total. The Morgan fingerprint density at radius 1 is 1.11 bits per heavy atom. The van der Waals surface area contributed by atoms with Crippen LogP contribution in [0.5, 0.6) is 5.75 Å². The molecule has 154 valence electrons. The van der Waals surface area contributed by atoms with Gasteiger partial charge in [0.1, 0.15) is 11.8 Å². The molecule has 3 rings (SSSR count). The monoisotopic (exact) mass is 445 g/mol. The average molecular weight is 447 g/mol. The van der Waals surface area contributed by atoms with E-state index in [2.05, 4.69) is 4.90 Å². The molecule has 0 aliphatic carbocycles. The lowest BCUT2D eigenvalue weighted by Gasteiger charge is -2.36. The third-order valence-corrected chi connectivity index (χ3v) is 4.98. The van der Waals surface area contributed by atoms with Gasteiger partial charge >= 0.3 is 0 Å². The highest BCUT2D eigenvalue weighted by Crippen LogP contribution is 2.24. The Hall–Kier alpha value is -1.50. The van der Waals surface area contributed by atoms with E-state index in [1.165, 1.54) is 0 Å². The summed E-state index contributed by atoms with van der Waals surface area (Å²) in [5, 5.41) is 0.698. The van der Waals surface area contributed by atoms with Crippen molar-refractivity contribution < 1.29 is 9.53 Å². The maximum absolute atomic E-state index is 12.7. The molecule has 1 atom stereocenters. The van der Waals surface area contributed by atoms with Crippen LogP contribution in [0.1, 0.15) is 17.2 Å². The first kappa shape index (κ1) is 24.5. The molecule has 1 unspecified atom stereocenters. The van der Waals surface area contributed by atoms with Crippen LogP contribution in [0.4, 0.5) is 0 Å². The average Bonchev–Trinajstić information content (AvgIpc) is 2.68. The molecule has 1 heterocycles. The van der Waals surface area contributed by atoms with Gasteiger partial charge in [-0.1, -0.05) is 41.9 Å². The zero-order chi connectivity index (χ0) is 18.5. The van der Waals surface area contributed by atoms with E-state index in [4.69, 9.17) is 22.1 Å². The van der Waals surface area contributed by atoms with Crippen LogP contribution in [0.2, 0.25) is 5.02 Å². The van der Waals surface area contributed by atoms with Crippen molar-refractivity contribution in [2.75, 3.05) is 33.3 Å². The molecule has 8 heteroatoms. The van der Waals surface area contributed by atoms with Crippen LogP contribution in [-0.2, 0) is 11.3 Å². The predicted octanol–water partition coefficient (Wildman–Crippen LogP) is 3.54. The van der Waals surface area contributed by atoms with Crippen molar-refractivity contribution in [2.24, 2.45) is 5.73 Å². The van der Waals surface area contributed by atoms with E-state index in [-0.39, 0.29) is 30.7 Å². The van der Waals surface area contributed by atoms with Crippen LogP contribution in [0, 0.1) is 0 Å². The molecule has 1 fully saturated rings. The summed E-state index contributed by atoms with van der Waals surface area (Å²) in [5.74, 6) is 0.815. The maximum Gasteiger partial charge on any atom is 0.244 e. The van der Waals surface area contributed by atoms with Crippen LogP contribution in [0.25, 0.3) is 0 Å². The molecule has 5 nitrogen and oxygen atoms in total. The van der Waals surface area contributed by atoms with E-state index in [9.17, 15) is 4.79 Å². The zero-order valence-electron chi connectivity index (χ0n) is 15.7. The van der Waals surface area contributed by atoms with Gasteiger partial charge in [0.25, 0.3) is 0 Å². The van der Waals surface area contributed by atoms with Gasteiger partial charge in [-0.15, -0.1) is 24.8 Å². The first-order chi connectivity index (χ1) is 12.6. The zero-order valence-corrected chi connectivity index (χ0v) is 18.1. The summed E-state index contributed by atoms with van der Waals surface area (Å²) in [6.07, 6.45) is 0. The van der Waals surface area contributed by atoms with Crippen LogP contribution >= 0.6 is 36.4 Å². The minimum atomic E-state index is -0.601.